The quantitative estimate of drug-likeness (QED) is 0.667. The van der Waals surface area contributed by atoms with E-state index in [1.165, 1.54) is 25.7 Å². The zero-order valence-corrected chi connectivity index (χ0v) is 16.9. The minimum atomic E-state index is -0.134. The number of benzene rings is 1. The molecule has 0 unspecified atom stereocenters. The molecule has 1 aliphatic rings. The van der Waals surface area contributed by atoms with Crippen molar-refractivity contribution in [1.29, 1.82) is 0 Å². The summed E-state index contributed by atoms with van der Waals surface area (Å²) < 4.78 is 5.69. The molecule has 2 aromatic rings. The second-order valence-electron chi connectivity index (χ2n) is 7.24. The van der Waals surface area contributed by atoms with Crippen molar-refractivity contribution >= 4 is 11.7 Å². The van der Waals surface area contributed by atoms with Gasteiger partial charge in [-0.2, -0.15) is 0 Å². The lowest BCUT2D eigenvalue weighted by Crippen LogP contribution is -2.25. The first kappa shape index (κ1) is 20.1. The predicted octanol–water partition coefficient (Wildman–Crippen LogP) is 3.88. The lowest BCUT2D eigenvalue weighted by Gasteiger charge is -2.17. The van der Waals surface area contributed by atoms with Crippen LogP contribution in [0.25, 0.3) is 0 Å². The van der Waals surface area contributed by atoms with Crippen molar-refractivity contribution in [3.63, 3.8) is 0 Å². The number of rotatable bonds is 9. The Morgan fingerprint density at radius 2 is 1.89 bits per heavy atom. The van der Waals surface area contributed by atoms with Gasteiger partial charge < -0.3 is 15.0 Å². The summed E-state index contributed by atoms with van der Waals surface area (Å²) in [4.78, 5) is 23.8. The number of unbranched alkanes of at least 4 members (excludes halogenated alkanes) is 2. The average molecular weight is 383 g/mol. The van der Waals surface area contributed by atoms with Crippen LogP contribution < -0.4 is 15.0 Å². The molecule has 2 heterocycles. The van der Waals surface area contributed by atoms with Crippen molar-refractivity contribution in [2.75, 3.05) is 24.6 Å². The first-order valence-electron chi connectivity index (χ1n) is 10.3. The maximum atomic E-state index is 12.4. The Bertz CT molecular complexity index is 771. The van der Waals surface area contributed by atoms with Gasteiger partial charge >= 0.3 is 0 Å². The van der Waals surface area contributed by atoms with Gasteiger partial charge in [-0.05, 0) is 50.5 Å². The standard InChI is InChI=1S/C22H30N4O2/c1-3-4-7-14-28-19-10-8-18(9-11-19)22(27)23-16-20-24-17(2)15-21(25-20)26-12-5-6-13-26/h8-11,15H,3-7,12-14,16H2,1-2H3,(H,23,27). The van der Waals surface area contributed by atoms with Crippen molar-refractivity contribution in [2.24, 2.45) is 0 Å². The molecule has 0 aliphatic carbocycles. The highest BCUT2D eigenvalue weighted by atomic mass is 16.5. The third-order valence-electron chi connectivity index (χ3n) is 4.86. The lowest BCUT2D eigenvalue weighted by molar-refractivity contribution is 0.0950. The highest BCUT2D eigenvalue weighted by molar-refractivity contribution is 5.94. The molecule has 0 radical (unpaired) electrons. The maximum absolute atomic E-state index is 12.4. The normalized spacial score (nSPS) is 13.6. The fraction of sp³-hybridized carbons (Fsp3) is 0.500. The zero-order chi connectivity index (χ0) is 19.8. The second kappa shape index (κ2) is 10.1. The van der Waals surface area contributed by atoms with Crippen LogP contribution in [0.4, 0.5) is 5.82 Å². The summed E-state index contributed by atoms with van der Waals surface area (Å²) >= 11 is 0. The molecule has 28 heavy (non-hydrogen) atoms. The number of nitrogens with zero attached hydrogens (tertiary/aromatic N) is 3. The summed E-state index contributed by atoms with van der Waals surface area (Å²) in [6.45, 7) is 7.23. The van der Waals surface area contributed by atoms with Crippen molar-refractivity contribution < 1.29 is 9.53 Å². The van der Waals surface area contributed by atoms with Crippen LogP contribution in [0.2, 0.25) is 0 Å². The summed E-state index contributed by atoms with van der Waals surface area (Å²) in [5.41, 5.74) is 1.53. The second-order valence-corrected chi connectivity index (χ2v) is 7.24. The first-order chi connectivity index (χ1) is 13.7. The Labute approximate surface area is 167 Å². The van der Waals surface area contributed by atoms with E-state index < -0.39 is 0 Å². The van der Waals surface area contributed by atoms with E-state index in [-0.39, 0.29) is 5.91 Å². The summed E-state index contributed by atoms with van der Waals surface area (Å²) in [5.74, 6) is 2.26. The van der Waals surface area contributed by atoms with Gasteiger partial charge in [-0.3, -0.25) is 4.79 Å². The molecule has 1 aromatic heterocycles. The van der Waals surface area contributed by atoms with Crippen LogP contribution in [0.3, 0.4) is 0 Å². The lowest BCUT2D eigenvalue weighted by atomic mass is 10.2. The number of hydrogen-bond donors (Lipinski definition) is 1. The van der Waals surface area contributed by atoms with Crippen LogP contribution in [-0.2, 0) is 6.54 Å². The minimum absolute atomic E-state index is 0.134. The SMILES string of the molecule is CCCCCOc1ccc(C(=O)NCc2nc(C)cc(N3CCCC3)n2)cc1. The third-order valence-corrected chi connectivity index (χ3v) is 4.86. The molecular weight excluding hydrogens is 352 g/mol. The van der Waals surface area contributed by atoms with Gasteiger partial charge in [0.25, 0.3) is 5.91 Å². The van der Waals surface area contributed by atoms with Gasteiger partial charge in [0, 0.05) is 30.4 Å². The summed E-state index contributed by atoms with van der Waals surface area (Å²) in [6.07, 6.45) is 5.79. The monoisotopic (exact) mass is 382 g/mol. The van der Waals surface area contributed by atoms with Crippen molar-refractivity contribution in [1.82, 2.24) is 15.3 Å². The summed E-state index contributed by atoms with van der Waals surface area (Å²) in [5, 5.41) is 2.92. The number of carbonyl (C=O) groups excluding carboxylic acids is 1. The van der Waals surface area contributed by atoms with Gasteiger partial charge in [-0.15, -0.1) is 0 Å². The highest BCUT2D eigenvalue weighted by Crippen LogP contribution is 2.18. The van der Waals surface area contributed by atoms with Crippen LogP contribution in [0.15, 0.2) is 30.3 Å². The van der Waals surface area contributed by atoms with Gasteiger partial charge in [-0.25, -0.2) is 9.97 Å². The fourth-order valence-electron chi connectivity index (χ4n) is 3.31. The molecule has 0 saturated carbocycles. The smallest absolute Gasteiger partial charge is 0.251 e. The van der Waals surface area contributed by atoms with E-state index in [4.69, 9.17) is 4.74 Å². The number of carbonyl (C=O) groups is 1. The van der Waals surface area contributed by atoms with E-state index in [0.29, 0.717) is 24.5 Å². The van der Waals surface area contributed by atoms with Crippen LogP contribution in [0.1, 0.15) is 60.9 Å². The van der Waals surface area contributed by atoms with E-state index in [0.717, 1.165) is 36.8 Å². The molecule has 1 saturated heterocycles. The van der Waals surface area contributed by atoms with E-state index >= 15 is 0 Å². The largest absolute Gasteiger partial charge is 0.494 e. The number of hydrogen-bond acceptors (Lipinski definition) is 5. The van der Waals surface area contributed by atoms with E-state index in [1.807, 2.05) is 25.1 Å². The molecule has 6 nitrogen and oxygen atoms in total. The predicted molar refractivity (Wildman–Crippen MR) is 111 cm³/mol. The molecule has 6 heteroatoms. The molecule has 0 atom stereocenters. The molecule has 1 fully saturated rings. The van der Waals surface area contributed by atoms with E-state index in [2.05, 4.69) is 27.1 Å². The maximum Gasteiger partial charge on any atom is 0.251 e. The molecular formula is C22H30N4O2. The summed E-state index contributed by atoms with van der Waals surface area (Å²) in [7, 11) is 0. The number of anilines is 1. The van der Waals surface area contributed by atoms with Crippen LogP contribution in [0.5, 0.6) is 5.75 Å². The van der Waals surface area contributed by atoms with Gasteiger partial charge in [0.1, 0.15) is 17.4 Å². The number of nitrogens with one attached hydrogen (secondary N) is 1. The molecule has 1 N–H and O–H groups in total. The molecule has 1 aromatic carbocycles. The molecule has 1 amide bonds. The van der Waals surface area contributed by atoms with Crippen LogP contribution in [0, 0.1) is 6.92 Å². The molecule has 1 aliphatic heterocycles. The Kier molecular flexibility index (Phi) is 7.23. The number of aryl methyl sites for hydroxylation is 1. The molecule has 0 bridgehead atoms. The third kappa shape index (κ3) is 5.68. The highest BCUT2D eigenvalue weighted by Gasteiger charge is 2.15. The topological polar surface area (TPSA) is 67.3 Å². The van der Waals surface area contributed by atoms with Crippen LogP contribution >= 0.6 is 0 Å². The fourth-order valence-corrected chi connectivity index (χ4v) is 3.31. The van der Waals surface area contributed by atoms with Gasteiger partial charge in [-0.1, -0.05) is 19.8 Å². The average Bonchev–Trinajstić information content (AvgIpc) is 3.24. The van der Waals surface area contributed by atoms with E-state index in [1.54, 1.807) is 12.1 Å². The first-order valence-corrected chi connectivity index (χ1v) is 10.3. The van der Waals surface area contributed by atoms with Crippen molar-refractivity contribution in [2.45, 2.75) is 52.5 Å². The molecule has 150 valence electrons. The van der Waals surface area contributed by atoms with Crippen molar-refractivity contribution in [3.05, 3.63) is 47.4 Å². The number of ether oxygens (including phenoxy) is 1. The number of amides is 1. The molecule has 0 spiro atoms. The van der Waals surface area contributed by atoms with E-state index in [9.17, 15) is 4.79 Å². The minimum Gasteiger partial charge on any atom is -0.494 e. The zero-order valence-electron chi connectivity index (χ0n) is 16.9. The van der Waals surface area contributed by atoms with Gasteiger partial charge in [0.15, 0.2) is 0 Å². The number of aromatic nitrogens is 2. The Morgan fingerprint density at radius 1 is 1.14 bits per heavy atom. The van der Waals surface area contributed by atoms with Crippen molar-refractivity contribution in [3.8, 4) is 5.75 Å². The Balaban J connectivity index is 1.53. The van der Waals surface area contributed by atoms with Gasteiger partial charge in [0.2, 0.25) is 0 Å². The van der Waals surface area contributed by atoms with Crippen LogP contribution in [-0.4, -0.2) is 35.6 Å². The Morgan fingerprint density at radius 3 is 2.61 bits per heavy atom. The molecule has 3 rings (SSSR count). The van der Waals surface area contributed by atoms with Gasteiger partial charge in [0.05, 0.1) is 13.2 Å². The Hall–Kier alpha value is -2.63. The summed E-state index contributed by atoms with van der Waals surface area (Å²) in [6, 6.07) is 9.27.